The number of sulfonamides is 1. The third-order valence-corrected chi connectivity index (χ3v) is 5.46. The molecule has 2 rings (SSSR count). The lowest BCUT2D eigenvalue weighted by molar-refractivity contribution is -0.138. The first-order valence-electron chi connectivity index (χ1n) is 6.65. The topological polar surface area (TPSA) is 83.5 Å². The van der Waals surface area contributed by atoms with Gasteiger partial charge in [0.25, 0.3) is 10.0 Å². The fourth-order valence-electron chi connectivity index (χ4n) is 2.04. The molecule has 25 heavy (non-hydrogen) atoms. The first-order chi connectivity index (χ1) is 11.4. The lowest BCUT2D eigenvalue weighted by atomic mass is 10.1. The summed E-state index contributed by atoms with van der Waals surface area (Å²) in [6, 6.07) is 6.37. The number of anilines is 1. The molecule has 0 atom stereocenters. The summed E-state index contributed by atoms with van der Waals surface area (Å²) in [5.41, 5.74) is -1.33. The van der Waals surface area contributed by atoms with Crippen LogP contribution >= 0.6 is 15.9 Å². The van der Waals surface area contributed by atoms with E-state index in [1.165, 1.54) is 19.1 Å². The van der Waals surface area contributed by atoms with Crippen molar-refractivity contribution in [1.29, 1.82) is 0 Å². The number of halogens is 4. The van der Waals surface area contributed by atoms with Crippen LogP contribution in [0, 0.1) is 6.92 Å². The summed E-state index contributed by atoms with van der Waals surface area (Å²) in [5.74, 6) is -1.32. The Morgan fingerprint density at radius 1 is 1.16 bits per heavy atom. The highest BCUT2D eigenvalue weighted by Gasteiger charge is 2.33. The van der Waals surface area contributed by atoms with Crippen LogP contribution in [0.5, 0.6) is 0 Å². The Labute approximate surface area is 149 Å². The zero-order valence-corrected chi connectivity index (χ0v) is 15.0. The van der Waals surface area contributed by atoms with Gasteiger partial charge in [0.15, 0.2) is 0 Å². The lowest BCUT2D eigenvalue weighted by Crippen LogP contribution is -2.16. The summed E-state index contributed by atoms with van der Waals surface area (Å²) in [6.45, 7) is 1.45. The molecule has 10 heteroatoms. The van der Waals surface area contributed by atoms with Crippen LogP contribution < -0.4 is 4.72 Å². The molecule has 0 unspecified atom stereocenters. The van der Waals surface area contributed by atoms with Gasteiger partial charge in [-0.15, -0.1) is 0 Å². The van der Waals surface area contributed by atoms with Gasteiger partial charge in [-0.05, 0) is 42.8 Å². The highest BCUT2D eigenvalue weighted by atomic mass is 79.9. The number of alkyl halides is 3. The third-order valence-electron chi connectivity index (χ3n) is 3.25. The van der Waals surface area contributed by atoms with E-state index in [0.29, 0.717) is 6.07 Å². The largest absolute Gasteiger partial charge is 0.478 e. The lowest BCUT2D eigenvalue weighted by Gasteiger charge is -2.14. The Hall–Kier alpha value is -2.07. The van der Waals surface area contributed by atoms with E-state index in [1.54, 1.807) is 0 Å². The summed E-state index contributed by atoms with van der Waals surface area (Å²) in [5, 5.41) is 8.97. The van der Waals surface area contributed by atoms with Gasteiger partial charge >= 0.3 is 12.1 Å². The van der Waals surface area contributed by atoms with E-state index in [1.807, 2.05) is 4.72 Å². The molecule has 0 saturated carbocycles. The smallest absolute Gasteiger partial charge is 0.417 e. The highest BCUT2D eigenvalue weighted by molar-refractivity contribution is 9.10. The van der Waals surface area contributed by atoms with Crippen molar-refractivity contribution in [2.45, 2.75) is 18.0 Å². The molecule has 0 fully saturated rings. The zero-order chi connectivity index (χ0) is 19.0. The van der Waals surface area contributed by atoms with Gasteiger partial charge in [0, 0.05) is 10.2 Å². The molecule has 0 spiro atoms. The Bertz CT molecular complexity index is 942. The molecule has 0 saturated heterocycles. The first-order valence-corrected chi connectivity index (χ1v) is 8.93. The fraction of sp³-hybridized carbons (Fsp3) is 0.133. The van der Waals surface area contributed by atoms with Crippen LogP contribution in [-0.2, 0) is 16.2 Å². The molecule has 0 aromatic heterocycles. The minimum atomic E-state index is -4.67. The van der Waals surface area contributed by atoms with Crippen molar-refractivity contribution in [3.8, 4) is 0 Å². The van der Waals surface area contributed by atoms with Crippen LogP contribution in [0.25, 0.3) is 0 Å². The minimum absolute atomic E-state index is 0.230. The summed E-state index contributed by atoms with van der Waals surface area (Å²) < 4.78 is 65.5. The number of hydrogen-bond donors (Lipinski definition) is 2. The zero-order valence-electron chi connectivity index (χ0n) is 12.6. The summed E-state index contributed by atoms with van der Waals surface area (Å²) >= 11 is 2.77. The number of carboxylic acids is 1. The molecule has 134 valence electrons. The van der Waals surface area contributed by atoms with Crippen LogP contribution in [0.2, 0.25) is 0 Å². The predicted molar refractivity (Wildman–Crippen MR) is 88.1 cm³/mol. The number of rotatable bonds is 4. The van der Waals surface area contributed by atoms with Crippen molar-refractivity contribution in [1.82, 2.24) is 0 Å². The summed E-state index contributed by atoms with van der Waals surface area (Å²) in [4.78, 5) is 10.7. The second kappa shape index (κ2) is 6.68. The van der Waals surface area contributed by atoms with E-state index >= 15 is 0 Å². The number of carbonyl (C=O) groups is 1. The minimum Gasteiger partial charge on any atom is -0.478 e. The third kappa shape index (κ3) is 4.31. The van der Waals surface area contributed by atoms with E-state index in [2.05, 4.69) is 15.9 Å². The van der Waals surface area contributed by atoms with E-state index in [0.717, 1.165) is 18.2 Å². The molecular formula is C15H11BrF3NO4S. The van der Waals surface area contributed by atoms with Crippen molar-refractivity contribution in [2.75, 3.05) is 4.72 Å². The molecule has 0 heterocycles. The number of aryl methyl sites for hydroxylation is 1. The molecule has 0 aliphatic rings. The molecule has 0 radical (unpaired) electrons. The Kier molecular flexibility index (Phi) is 5.14. The molecule has 2 aromatic carbocycles. The maximum absolute atomic E-state index is 12.9. The molecule has 0 aliphatic heterocycles. The van der Waals surface area contributed by atoms with Gasteiger partial charge in [0.2, 0.25) is 0 Å². The Balaban J connectivity index is 2.47. The summed E-state index contributed by atoms with van der Waals surface area (Å²) in [6.07, 6.45) is -4.67. The van der Waals surface area contributed by atoms with Crippen molar-refractivity contribution in [3.05, 3.63) is 57.6 Å². The van der Waals surface area contributed by atoms with Crippen molar-refractivity contribution < 1.29 is 31.5 Å². The second-order valence-electron chi connectivity index (χ2n) is 5.08. The van der Waals surface area contributed by atoms with Gasteiger partial charge in [-0.3, -0.25) is 4.72 Å². The molecular weight excluding hydrogens is 427 g/mol. The SMILES string of the molecule is Cc1ccc(C(=O)O)cc1S(=O)(=O)Nc1ccc(Br)c(C(F)(F)F)c1. The van der Waals surface area contributed by atoms with E-state index in [-0.39, 0.29) is 26.2 Å². The maximum atomic E-state index is 12.9. The van der Waals surface area contributed by atoms with Gasteiger partial charge in [0.1, 0.15) is 0 Å². The van der Waals surface area contributed by atoms with Crippen LogP contribution in [0.1, 0.15) is 21.5 Å². The summed E-state index contributed by atoms with van der Waals surface area (Å²) in [7, 11) is -4.27. The van der Waals surface area contributed by atoms with Gasteiger partial charge < -0.3 is 5.11 Å². The first kappa shape index (κ1) is 19.3. The average Bonchev–Trinajstić information content (AvgIpc) is 2.47. The highest BCUT2D eigenvalue weighted by Crippen LogP contribution is 2.36. The number of benzene rings is 2. The standard InChI is InChI=1S/C15H11BrF3NO4S/c1-8-2-3-9(14(21)22)6-13(8)25(23,24)20-10-4-5-12(16)11(7-10)15(17,18)19/h2-7,20H,1H3,(H,21,22). The van der Waals surface area contributed by atoms with Gasteiger partial charge in [-0.2, -0.15) is 13.2 Å². The molecule has 0 bridgehead atoms. The molecule has 0 aliphatic carbocycles. The van der Waals surface area contributed by atoms with Gasteiger partial charge in [0.05, 0.1) is 16.0 Å². The molecule has 0 amide bonds. The maximum Gasteiger partial charge on any atom is 0.417 e. The Morgan fingerprint density at radius 2 is 1.80 bits per heavy atom. The van der Waals surface area contributed by atoms with Crippen LogP contribution in [0.4, 0.5) is 18.9 Å². The Morgan fingerprint density at radius 3 is 2.36 bits per heavy atom. The monoisotopic (exact) mass is 437 g/mol. The van der Waals surface area contributed by atoms with Crippen molar-refractivity contribution >= 4 is 37.6 Å². The number of carboxylic acid groups (broad SMARTS) is 1. The second-order valence-corrected chi connectivity index (χ2v) is 7.59. The van der Waals surface area contributed by atoms with Crippen molar-refractivity contribution in [3.63, 3.8) is 0 Å². The average molecular weight is 438 g/mol. The van der Waals surface area contributed by atoms with Gasteiger partial charge in [-0.25, -0.2) is 13.2 Å². The van der Waals surface area contributed by atoms with E-state index < -0.39 is 27.7 Å². The fourth-order valence-corrected chi connectivity index (χ4v) is 3.83. The van der Waals surface area contributed by atoms with Gasteiger partial charge in [-0.1, -0.05) is 22.0 Å². The van der Waals surface area contributed by atoms with Crippen LogP contribution in [0.15, 0.2) is 45.8 Å². The number of aromatic carboxylic acids is 1. The van der Waals surface area contributed by atoms with Crippen molar-refractivity contribution in [2.24, 2.45) is 0 Å². The van der Waals surface area contributed by atoms with Crippen LogP contribution in [-0.4, -0.2) is 19.5 Å². The van der Waals surface area contributed by atoms with E-state index in [4.69, 9.17) is 5.11 Å². The molecule has 5 nitrogen and oxygen atoms in total. The number of hydrogen-bond acceptors (Lipinski definition) is 3. The normalized spacial score (nSPS) is 12.0. The molecule has 2 N–H and O–H groups in total. The van der Waals surface area contributed by atoms with E-state index in [9.17, 15) is 26.4 Å². The quantitative estimate of drug-likeness (QED) is 0.747. The number of nitrogens with one attached hydrogen (secondary N) is 1. The van der Waals surface area contributed by atoms with Crippen LogP contribution in [0.3, 0.4) is 0 Å². The molecule has 2 aromatic rings. The predicted octanol–water partition coefficient (Wildman–Crippen LogP) is 4.28.